The van der Waals surface area contributed by atoms with Crippen LogP contribution in [0.5, 0.6) is 0 Å². The number of halogens is 1. The van der Waals surface area contributed by atoms with Crippen LogP contribution in [-0.2, 0) is 4.79 Å². The van der Waals surface area contributed by atoms with Crippen LogP contribution in [0.3, 0.4) is 0 Å². The first-order chi connectivity index (χ1) is 5.91. The summed E-state index contributed by atoms with van der Waals surface area (Å²) in [6.07, 6.45) is 0. The van der Waals surface area contributed by atoms with Crippen molar-refractivity contribution in [2.24, 2.45) is 5.92 Å². The van der Waals surface area contributed by atoms with Crippen LogP contribution in [0.4, 0.5) is 0 Å². The molecule has 0 saturated heterocycles. The minimum atomic E-state index is -0.161. The molecule has 0 aromatic heterocycles. The summed E-state index contributed by atoms with van der Waals surface area (Å²) in [5, 5.41) is 8.87. The molecule has 0 spiro atoms. The van der Waals surface area contributed by atoms with Gasteiger partial charge in [-0.2, -0.15) is 0 Å². The fourth-order valence-electron chi connectivity index (χ4n) is 0.819. The summed E-state index contributed by atoms with van der Waals surface area (Å²) in [5.41, 5.74) is 0. The van der Waals surface area contributed by atoms with Gasteiger partial charge in [0, 0.05) is 7.05 Å². The van der Waals surface area contributed by atoms with Crippen molar-refractivity contribution in [3.05, 3.63) is 0 Å². The molecule has 2 atom stereocenters. The van der Waals surface area contributed by atoms with Gasteiger partial charge in [-0.05, 0) is 12.8 Å². The molecule has 0 aliphatic rings. The zero-order chi connectivity index (χ0) is 10.6. The molecule has 0 saturated carbocycles. The van der Waals surface area contributed by atoms with Crippen LogP contribution < -0.4 is 0 Å². The lowest BCUT2D eigenvalue weighted by Crippen LogP contribution is -2.42. The lowest BCUT2D eigenvalue weighted by molar-refractivity contribution is -0.132. The maximum absolute atomic E-state index is 11.7. The number of nitrogens with zero attached hydrogens (tertiary/aromatic N) is 1. The van der Waals surface area contributed by atoms with Crippen LogP contribution in [0.15, 0.2) is 0 Å². The molecule has 0 aromatic rings. The third-order valence-electron chi connectivity index (χ3n) is 2.09. The molecule has 0 aliphatic carbocycles. The molecule has 0 radical (unpaired) electrons. The fraction of sp³-hybridized carbons (Fsp3) is 0.889. The molecule has 1 N–H and O–H groups in total. The van der Waals surface area contributed by atoms with Crippen molar-refractivity contribution in [1.82, 2.24) is 4.90 Å². The SMILES string of the molecule is CC(C)C(Br)C(=O)N(C)C(C)CO. The van der Waals surface area contributed by atoms with Gasteiger partial charge in [-0.25, -0.2) is 0 Å². The maximum Gasteiger partial charge on any atom is 0.236 e. The number of hydrogen-bond acceptors (Lipinski definition) is 2. The first-order valence-corrected chi connectivity index (χ1v) is 5.35. The molecule has 2 unspecified atom stereocenters. The van der Waals surface area contributed by atoms with Gasteiger partial charge in [0.15, 0.2) is 0 Å². The molecule has 0 fully saturated rings. The van der Waals surface area contributed by atoms with Crippen LogP contribution in [0.1, 0.15) is 20.8 Å². The number of aliphatic hydroxyl groups is 1. The molecule has 13 heavy (non-hydrogen) atoms. The van der Waals surface area contributed by atoms with Gasteiger partial charge in [-0.1, -0.05) is 29.8 Å². The Morgan fingerprint density at radius 2 is 1.92 bits per heavy atom. The Kier molecular flexibility index (Phi) is 5.56. The summed E-state index contributed by atoms with van der Waals surface area (Å²) < 4.78 is 0. The van der Waals surface area contributed by atoms with Crippen LogP contribution >= 0.6 is 15.9 Å². The standard InChI is InChI=1S/C9H18BrNO2/c1-6(2)8(10)9(13)11(4)7(3)5-12/h6-8,12H,5H2,1-4H3. The lowest BCUT2D eigenvalue weighted by atomic mass is 10.1. The van der Waals surface area contributed by atoms with Crippen molar-refractivity contribution in [2.75, 3.05) is 13.7 Å². The highest BCUT2D eigenvalue weighted by atomic mass is 79.9. The summed E-state index contributed by atoms with van der Waals surface area (Å²) in [7, 11) is 1.71. The van der Waals surface area contributed by atoms with Crippen LogP contribution in [-0.4, -0.2) is 40.4 Å². The Morgan fingerprint density at radius 1 is 1.46 bits per heavy atom. The average molecular weight is 252 g/mol. The molecule has 0 rings (SSSR count). The van der Waals surface area contributed by atoms with E-state index in [0.29, 0.717) is 0 Å². The molecule has 0 aromatic carbocycles. The molecule has 0 heterocycles. The van der Waals surface area contributed by atoms with Crippen molar-refractivity contribution in [1.29, 1.82) is 0 Å². The van der Waals surface area contributed by atoms with Gasteiger partial charge in [-0.15, -0.1) is 0 Å². The normalized spacial score (nSPS) is 15.6. The Labute approximate surface area is 88.2 Å². The number of alkyl halides is 1. The predicted molar refractivity (Wildman–Crippen MR) is 56.9 cm³/mol. The van der Waals surface area contributed by atoms with E-state index in [-0.39, 0.29) is 29.3 Å². The topological polar surface area (TPSA) is 40.5 Å². The van der Waals surface area contributed by atoms with E-state index >= 15 is 0 Å². The first kappa shape index (κ1) is 12.9. The van der Waals surface area contributed by atoms with E-state index in [1.807, 2.05) is 20.8 Å². The van der Waals surface area contributed by atoms with E-state index in [9.17, 15) is 4.79 Å². The van der Waals surface area contributed by atoms with E-state index in [2.05, 4.69) is 15.9 Å². The van der Waals surface area contributed by atoms with Crippen molar-refractivity contribution in [3.63, 3.8) is 0 Å². The summed E-state index contributed by atoms with van der Waals surface area (Å²) >= 11 is 3.33. The molecule has 4 heteroatoms. The van der Waals surface area contributed by atoms with E-state index in [4.69, 9.17) is 5.11 Å². The van der Waals surface area contributed by atoms with Gasteiger partial charge in [0.1, 0.15) is 0 Å². The van der Waals surface area contributed by atoms with Gasteiger partial charge in [-0.3, -0.25) is 4.79 Å². The second-order valence-electron chi connectivity index (χ2n) is 3.63. The second-order valence-corrected chi connectivity index (χ2v) is 4.61. The zero-order valence-electron chi connectivity index (χ0n) is 8.62. The van der Waals surface area contributed by atoms with Crippen LogP contribution in [0.2, 0.25) is 0 Å². The second kappa shape index (κ2) is 5.60. The first-order valence-electron chi connectivity index (χ1n) is 4.43. The molecule has 1 amide bonds. The highest BCUT2D eigenvalue weighted by Gasteiger charge is 2.24. The zero-order valence-corrected chi connectivity index (χ0v) is 10.2. The number of likely N-dealkylation sites (N-methyl/N-ethyl adjacent to an activating group) is 1. The van der Waals surface area contributed by atoms with Crippen molar-refractivity contribution < 1.29 is 9.90 Å². The van der Waals surface area contributed by atoms with Gasteiger partial charge in [0.25, 0.3) is 0 Å². The maximum atomic E-state index is 11.7. The summed E-state index contributed by atoms with van der Waals surface area (Å²) in [4.78, 5) is 13.1. The smallest absolute Gasteiger partial charge is 0.236 e. The quantitative estimate of drug-likeness (QED) is 0.765. The van der Waals surface area contributed by atoms with E-state index in [0.717, 1.165) is 0 Å². The molecular formula is C9H18BrNO2. The molecule has 0 aliphatic heterocycles. The number of amides is 1. The number of carbonyl (C=O) groups excluding carboxylic acids is 1. The third kappa shape index (κ3) is 3.65. The Bertz CT molecular complexity index is 173. The van der Waals surface area contributed by atoms with Gasteiger partial charge in [0.2, 0.25) is 5.91 Å². The minimum Gasteiger partial charge on any atom is -0.394 e. The van der Waals surface area contributed by atoms with Crippen LogP contribution in [0, 0.1) is 5.92 Å². The third-order valence-corrected chi connectivity index (χ3v) is 3.54. The van der Waals surface area contributed by atoms with E-state index in [1.165, 1.54) is 0 Å². The molecular weight excluding hydrogens is 234 g/mol. The predicted octanol–water partition coefficient (Wildman–Crippen LogP) is 1.25. The Hall–Kier alpha value is -0.0900. The number of carbonyl (C=O) groups is 1. The van der Waals surface area contributed by atoms with E-state index in [1.54, 1.807) is 11.9 Å². The van der Waals surface area contributed by atoms with Gasteiger partial charge < -0.3 is 10.0 Å². The highest BCUT2D eigenvalue weighted by Crippen LogP contribution is 2.15. The lowest BCUT2D eigenvalue weighted by Gasteiger charge is -2.26. The molecule has 0 bridgehead atoms. The van der Waals surface area contributed by atoms with Crippen molar-refractivity contribution in [2.45, 2.75) is 31.6 Å². The minimum absolute atomic E-state index is 0.0000548. The number of rotatable bonds is 4. The van der Waals surface area contributed by atoms with Crippen molar-refractivity contribution >= 4 is 21.8 Å². The van der Waals surface area contributed by atoms with Gasteiger partial charge >= 0.3 is 0 Å². The number of aliphatic hydroxyl groups excluding tert-OH is 1. The fourth-order valence-corrected chi connectivity index (χ4v) is 1.14. The average Bonchev–Trinajstić information content (AvgIpc) is 2.12. The highest BCUT2D eigenvalue weighted by molar-refractivity contribution is 9.10. The Balaban J connectivity index is 4.25. The summed E-state index contributed by atoms with van der Waals surface area (Å²) in [5.74, 6) is 0.289. The summed E-state index contributed by atoms with van der Waals surface area (Å²) in [6.45, 7) is 5.78. The molecule has 3 nitrogen and oxygen atoms in total. The van der Waals surface area contributed by atoms with Crippen molar-refractivity contribution in [3.8, 4) is 0 Å². The monoisotopic (exact) mass is 251 g/mol. The number of hydrogen-bond donors (Lipinski definition) is 1. The van der Waals surface area contributed by atoms with E-state index < -0.39 is 0 Å². The Morgan fingerprint density at radius 3 is 2.23 bits per heavy atom. The summed E-state index contributed by atoms with van der Waals surface area (Å²) in [6, 6.07) is -0.119. The van der Waals surface area contributed by atoms with Crippen LogP contribution in [0.25, 0.3) is 0 Å². The largest absolute Gasteiger partial charge is 0.394 e. The van der Waals surface area contributed by atoms with Gasteiger partial charge in [0.05, 0.1) is 17.5 Å². The molecule has 78 valence electrons.